The summed E-state index contributed by atoms with van der Waals surface area (Å²) in [5.41, 5.74) is 9.70. The molecule has 3 aliphatic heterocycles. The molecular formula is C30H27BN4Pt. The molecule has 3 aromatic rings. The number of hydrogen-bond acceptors (Lipinski definition) is 4. The van der Waals surface area contributed by atoms with Crippen molar-refractivity contribution in [2.45, 2.75) is 39.3 Å². The van der Waals surface area contributed by atoms with Crippen LogP contribution in [0.25, 0.3) is 0 Å². The number of fused-ring (bicyclic) bond motifs is 13. The molecule has 7 rings (SSSR count). The molecule has 0 aromatic heterocycles. The molecule has 2 atom stereocenters. The van der Waals surface area contributed by atoms with Crippen LogP contribution in [0.3, 0.4) is 0 Å². The van der Waals surface area contributed by atoms with Crippen LogP contribution in [0.1, 0.15) is 23.1 Å². The van der Waals surface area contributed by atoms with Crippen LogP contribution in [0.2, 0.25) is 0 Å². The fraction of sp³-hybridized carbons (Fsp3) is 0.200. The number of hydrogen-bond donors (Lipinski definition) is 0. The van der Waals surface area contributed by atoms with Crippen LogP contribution in [0.5, 0.6) is 0 Å². The maximum atomic E-state index is 3.78. The van der Waals surface area contributed by atoms with E-state index >= 15 is 0 Å². The van der Waals surface area contributed by atoms with E-state index in [9.17, 15) is 0 Å². The summed E-state index contributed by atoms with van der Waals surface area (Å²) in [6.45, 7) is 11.1. The Morgan fingerprint density at radius 2 is 1.25 bits per heavy atom. The molecule has 0 spiro atoms. The number of aryl methyl sites for hydroxylation is 3. The van der Waals surface area contributed by atoms with E-state index in [4.69, 9.17) is 0 Å². The van der Waals surface area contributed by atoms with Gasteiger partial charge >= 0.3 is 21.1 Å². The van der Waals surface area contributed by atoms with Gasteiger partial charge in [0.05, 0.1) is 0 Å². The van der Waals surface area contributed by atoms with E-state index in [0.29, 0.717) is 12.1 Å². The second-order valence-corrected chi connectivity index (χ2v) is 10.1. The van der Waals surface area contributed by atoms with Gasteiger partial charge in [-0.25, -0.2) is 0 Å². The largest absolute Gasteiger partial charge is 4.00 e. The number of nitrogens with zero attached hydrogens (tertiary/aromatic N) is 4. The number of anilines is 2. The van der Waals surface area contributed by atoms with Crippen molar-refractivity contribution in [2.24, 2.45) is 0 Å². The van der Waals surface area contributed by atoms with Gasteiger partial charge in [-0.3, -0.25) is 0 Å². The summed E-state index contributed by atoms with van der Waals surface area (Å²) in [4.78, 5) is 9.07. The second kappa shape index (κ2) is 8.89. The first-order chi connectivity index (χ1) is 17.0. The van der Waals surface area contributed by atoms with Crippen molar-refractivity contribution < 1.29 is 21.1 Å². The molecule has 0 saturated heterocycles. The molecule has 1 saturated carbocycles. The molecule has 3 heterocycles. The van der Waals surface area contributed by atoms with Crippen LogP contribution in [0.4, 0.5) is 11.4 Å². The minimum Gasteiger partial charge on any atom is -0.504 e. The molecule has 180 valence electrons. The van der Waals surface area contributed by atoms with Gasteiger partial charge in [0.15, 0.2) is 6.71 Å². The number of rotatable bonds is 1. The van der Waals surface area contributed by atoms with E-state index in [1.807, 2.05) is 0 Å². The van der Waals surface area contributed by atoms with E-state index in [1.165, 1.54) is 22.2 Å². The molecule has 2 unspecified atom stereocenters. The molecule has 0 N–H and O–H groups in total. The van der Waals surface area contributed by atoms with Crippen molar-refractivity contribution in [2.75, 3.05) is 9.80 Å². The minimum absolute atomic E-state index is 0. The fourth-order valence-electron chi connectivity index (χ4n) is 5.94. The summed E-state index contributed by atoms with van der Waals surface area (Å²) in [5, 5.41) is 0. The van der Waals surface area contributed by atoms with E-state index in [2.05, 4.69) is 139 Å². The van der Waals surface area contributed by atoms with Crippen LogP contribution < -0.4 is 26.2 Å². The first-order valence-corrected chi connectivity index (χ1v) is 12.4. The van der Waals surface area contributed by atoms with Gasteiger partial charge in [-0.05, 0) is 52.0 Å². The molecule has 1 aliphatic carbocycles. The average molecular weight is 649 g/mol. The second-order valence-electron chi connectivity index (χ2n) is 10.1. The minimum atomic E-state index is 0. The summed E-state index contributed by atoms with van der Waals surface area (Å²) in [6.07, 6.45) is 9.83. The maximum Gasteiger partial charge on any atom is 4.00 e. The summed E-state index contributed by atoms with van der Waals surface area (Å²) < 4.78 is 0. The fourth-order valence-corrected chi connectivity index (χ4v) is 5.94. The Kier molecular flexibility index (Phi) is 5.80. The molecular weight excluding hydrogens is 622 g/mol. The standard InChI is InChI=1S/C30H27BN4.Pt/c1-21-14-22(2)30(23(3)15-21)31-24-6-4-8-26(16-24)32-10-12-34(19-32)28-18-29(28)35-13-11-33(20-35)27-9-5-7-25(31)17-27;/h4-15,19-20,28-29H,18H2,1-3H3;/q-4;+4. The molecule has 4 aliphatic rings. The van der Waals surface area contributed by atoms with Crippen LogP contribution in [-0.4, -0.2) is 28.6 Å². The molecule has 8 bridgehead atoms. The Morgan fingerprint density at radius 3 is 1.75 bits per heavy atom. The predicted octanol–water partition coefficient (Wildman–Crippen LogP) is 3.31. The summed E-state index contributed by atoms with van der Waals surface area (Å²) in [6, 6.07) is 26.1. The van der Waals surface area contributed by atoms with E-state index < -0.39 is 0 Å². The molecule has 4 nitrogen and oxygen atoms in total. The van der Waals surface area contributed by atoms with Crippen molar-refractivity contribution in [1.82, 2.24) is 9.80 Å². The van der Waals surface area contributed by atoms with Gasteiger partial charge in [0.1, 0.15) is 0 Å². The van der Waals surface area contributed by atoms with Gasteiger partial charge in [0, 0.05) is 12.1 Å². The Labute approximate surface area is 229 Å². The Morgan fingerprint density at radius 1 is 0.750 bits per heavy atom. The molecule has 36 heavy (non-hydrogen) atoms. The van der Waals surface area contributed by atoms with Crippen LogP contribution in [0, 0.1) is 46.2 Å². The topological polar surface area (TPSA) is 13.0 Å². The zero-order valence-electron chi connectivity index (χ0n) is 20.6. The van der Waals surface area contributed by atoms with Crippen LogP contribution in [0.15, 0.2) is 73.3 Å². The summed E-state index contributed by atoms with van der Waals surface area (Å²) >= 11 is 0. The van der Waals surface area contributed by atoms with Gasteiger partial charge in [-0.1, -0.05) is 34.3 Å². The quantitative estimate of drug-likeness (QED) is 0.297. The van der Waals surface area contributed by atoms with Gasteiger partial charge in [0.2, 0.25) is 0 Å². The third-order valence-electron chi connectivity index (χ3n) is 7.61. The summed E-state index contributed by atoms with van der Waals surface area (Å²) in [5.74, 6) is 0. The van der Waals surface area contributed by atoms with Gasteiger partial charge in [0.25, 0.3) is 0 Å². The van der Waals surface area contributed by atoms with Crippen molar-refractivity contribution >= 4 is 34.5 Å². The monoisotopic (exact) mass is 649 g/mol. The van der Waals surface area contributed by atoms with Crippen molar-refractivity contribution in [3.63, 3.8) is 0 Å². The van der Waals surface area contributed by atoms with Crippen LogP contribution >= 0.6 is 0 Å². The Hall–Kier alpha value is -2.91. The van der Waals surface area contributed by atoms with E-state index in [-0.39, 0.29) is 27.8 Å². The van der Waals surface area contributed by atoms with Gasteiger partial charge in [-0.2, -0.15) is 72.8 Å². The van der Waals surface area contributed by atoms with E-state index in [1.54, 1.807) is 0 Å². The zero-order valence-corrected chi connectivity index (χ0v) is 22.9. The van der Waals surface area contributed by atoms with Crippen molar-refractivity contribution in [1.29, 1.82) is 0 Å². The van der Waals surface area contributed by atoms with Crippen molar-refractivity contribution in [3.8, 4) is 0 Å². The van der Waals surface area contributed by atoms with Crippen LogP contribution in [-0.2, 0) is 21.1 Å². The third kappa shape index (κ3) is 3.89. The maximum absolute atomic E-state index is 3.78. The molecule has 0 radical (unpaired) electrons. The molecule has 1 fully saturated rings. The number of benzene rings is 3. The molecule has 3 aromatic carbocycles. The van der Waals surface area contributed by atoms with Crippen molar-refractivity contribution in [3.05, 3.63) is 115 Å². The predicted molar refractivity (Wildman–Crippen MR) is 144 cm³/mol. The normalized spacial score (nSPS) is 21.2. The Bertz CT molecular complexity index is 1290. The smallest absolute Gasteiger partial charge is 0.504 e. The van der Waals surface area contributed by atoms with E-state index in [0.717, 1.165) is 28.7 Å². The van der Waals surface area contributed by atoms with Gasteiger partial charge < -0.3 is 19.6 Å². The summed E-state index contributed by atoms with van der Waals surface area (Å²) in [7, 11) is 0. The average Bonchev–Trinajstić information content (AvgIpc) is 3.26. The molecule has 6 heteroatoms. The SMILES string of the molecule is Cc1cc(C)c(B2c3[c-]c(ccc3)N3C=CN([CH-]3)C3CC3N3C=CN([CH-]3)c3[c-]c2ccc3)c(C)c1.[Pt+4]. The Balaban J connectivity index is 0.00000240. The zero-order chi connectivity index (χ0) is 23.7. The third-order valence-corrected chi connectivity index (χ3v) is 7.61. The van der Waals surface area contributed by atoms with Gasteiger partial charge in [-0.15, -0.1) is 11.4 Å². The first kappa shape index (κ1) is 23.5. The first-order valence-electron chi connectivity index (χ1n) is 12.4. The molecule has 0 amide bonds.